The molecule has 0 aliphatic carbocycles. The van der Waals surface area contributed by atoms with Crippen LogP contribution in [-0.4, -0.2) is 34.0 Å². The number of hydrogen-bond acceptors (Lipinski definition) is 5. The SMILES string of the molecule is O=C(NCCNc1nc[nH]c1[N+](=O)[O-])Nc1ccc(Cl)cc1. The van der Waals surface area contributed by atoms with Crippen LogP contribution in [0.2, 0.25) is 5.02 Å². The number of anilines is 2. The van der Waals surface area contributed by atoms with Crippen LogP contribution in [0.1, 0.15) is 0 Å². The van der Waals surface area contributed by atoms with Crippen molar-refractivity contribution in [3.05, 3.63) is 45.7 Å². The zero-order chi connectivity index (χ0) is 15.9. The third-order valence-corrected chi connectivity index (χ3v) is 2.86. The number of benzene rings is 1. The summed E-state index contributed by atoms with van der Waals surface area (Å²) < 4.78 is 0. The molecule has 1 heterocycles. The molecule has 0 saturated heterocycles. The van der Waals surface area contributed by atoms with E-state index >= 15 is 0 Å². The molecule has 0 atom stereocenters. The fraction of sp³-hybridized carbons (Fsp3) is 0.167. The largest absolute Gasteiger partial charge is 0.364 e. The maximum Gasteiger partial charge on any atom is 0.364 e. The Morgan fingerprint density at radius 3 is 2.73 bits per heavy atom. The van der Waals surface area contributed by atoms with Gasteiger partial charge in [0.05, 0.1) is 0 Å². The highest BCUT2D eigenvalue weighted by molar-refractivity contribution is 6.30. The van der Waals surface area contributed by atoms with E-state index in [0.29, 0.717) is 17.3 Å². The zero-order valence-corrected chi connectivity index (χ0v) is 12.1. The molecule has 0 fully saturated rings. The minimum atomic E-state index is -0.573. The van der Waals surface area contributed by atoms with Gasteiger partial charge in [0, 0.05) is 23.8 Å². The molecule has 0 radical (unpaired) electrons. The van der Waals surface area contributed by atoms with Crippen LogP contribution in [0.5, 0.6) is 0 Å². The first-order chi connectivity index (χ1) is 10.6. The van der Waals surface area contributed by atoms with E-state index in [4.69, 9.17) is 11.6 Å². The van der Waals surface area contributed by atoms with Gasteiger partial charge in [-0.05, 0) is 29.2 Å². The number of aromatic nitrogens is 2. The molecule has 116 valence electrons. The van der Waals surface area contributed by atoms with Gasteiger partial charge in [0.2, 0.25) is 5.82 Å². The molecule has 1 aromatic carbocycles. The van der Waals surface area contributed by atoms with Gasteiger partial charge in [0.1, 0.15) is 0 Å². The summed E-state index contributed by atoms with van der Waals surface area (Å²) in [6.45, 7) is 0.559. The topological polar surface area (TPSA) is 125 Å². The number of hydrogen-bond donors (Lipinski definition) is 4. The number of halogens is 1. The summed E-state index contributed by atoms with van der Waals surface area (Å²) in [5, 5.41) is 19.2. The second kappa shape index (κ2) is 7.27. The molecule has 4 N–H and O–H groups in total. The van der Waals surface area contributed by atoms with Crippen molar-refractivity contribution in [2.24, 2.45) is 0 Å². The number of H-pyrrole nitrogens is 1. The van der Waals surface area contributed by atoms with Crippen LogP contribution in [0.3, 0.4) is 0 Å². The molecular weight excluding hydrogens is 312 g/mol. The van der Waals surface area contributed by atoms with Crippen LogP contribution in [0.15, 0.2) is 30.6 Å². The van der Waals surface area contributed by atoms with Gasteiger partial charge in [0.25, 0.3) is 0 Å². The number of nitro groups is 1. The normalized spacial score (nSPS) is 10.0. The molecule has 0 unspecified atom stereocenters. The number of rotatable bonds is 6. The Bertz CT molecular complexity index is 657. The summed E-state index contributed by atoms with van der Waals surface area (Å²) in [7, 11) is 0. The average molecular weight is 325 g/mol. The van der Waals surface area contributed by atoms with E-state index < -0.39 is 4.92 Å². The Balaban J connectivity index is 1.72. The van der Waals surface area contributed by atoms with Gasteiger partial charge in [-0.3, -0.25) is 0 Å². The van der Waals surface area contributed by atoms with E-state index in [1.807, 2.05) is 0 Å². The number of nitrogens with one attached hydrogen (secondary N) is 4. The van der Waals surface area contributed by atoms with Crippen molar-refractivity contribution >= 4 is 35.0 Å². The summed E-state index contributed by atoms with van der Waals surface area (Å²) in [4.78, 5) is 27.9. The highest BCUT2D eigenvalue weighted by Gasteiger charge is 2.14. The van der Waals surface area contributed by atoms with Crippen LogP contribution in [-0.2, 0) is 0 Å². The summed E-state index contributed by atoms with van der Waals surface area (Å²) in [6, 6.07) is 6.28. The minimum Gasteiger partial charge on any atom is -0.361 e. The van der Waals surface area contributed by atoms with Crippen LogP contribution in [0.4, 0.5) is 22.1 Å². The molecule has 0 aliphatic heterocycles. The summed E-state index contributed by atoms with van der Waals surface area (Å²) in [5.74, 6) is -0.0875. The lowest BCUT2D eigenvalue weighted by atomic mass is 10.3. The van der Waals surface area contributed by atoms with Crippen molar-refractivity contribution in [3.63, 3.8) is 0 Å². The van der Waals surface area contributed by atoms with Gasteiger partial charge in [0.15, 0.2) is 6.33 Å². The lowest BCUT2D eigenvalue weighted by molar-refractivity contribution is -0.388. The van der Waals surface area contributed by atoms with Crippen molar-refractivity contribution in [3.8, 4) is 0 Å². The quantitative estimate of drug-likeness (QED) is 0.368. The van der Waals surface area contributed by atoms with Gasteiger partial charge in [-0.2, -0.15) is 4.98 Å². The lowest BCUT2D eigenvalue weighted by Crippen LogP contribution is -2.32. The van der Waals surface area contributed by atoms with Crippen molar-refractivity contribution < 1.29 is 9.72 Å². The Morgan fingerprint density at radius 1 is 1.32 bits per heavy atom. The second-order valence-electron chi connectivity index (χ2n) is 4.17. The highest BCUT2D eigenvalue weighted by atomic mass is 35.5. The molecule has 9 nitrogen and oxygen atoms in total. The van der Waals surface area contributed by atoms with Gasteiger partial charge < -0.3 is 26.1 Å². The Morgan fingerprint density at radius 2 is 2.05 bits per heavy atom. The predicted molar refractivity (Wildman–Crippen MR) is 82.2 cm³/mol. The number of imidazole rings is 1. The number of carbonyl (C=O) groups excluding carboxylic acids is 1. The summed E-state index contributed by atoms with van der Waals surface area (Å²) in [6.07, 6.45) is 1.22. The summed E-state index contributed by atoms with van der Waals surface area (Å²) in [5.41, 5.74) is 0.609. The van der Waals surface area contributed by atoms with Crippen LogP contribution < -0.4 is 16.0 Å². The van der Waals surface area contributed by atoms with Crippen molar-refractivity contribution in [2.75, 3.05) is 23.7 Å². The van der Waals surface area contributed by atoms with Crippen LogP contribution in [0.25, 0.3) is 0 Å². The van der Waals surface area contributed by atoms with E-state index in [9.17, 15) is 14.9 Å². The van der Waals surface area contributed by atoms with E-state index in [1.54, 1.807) is 24.3 Å². The fourth-order valence-electron chi connectivity index (χ4n) is 1.62. The average Bonchev–Trinajstić information content (AvgIpc) is 2.95. The number of amides is 2. The predicted octanol–water partition coefficient (Wildman–Crippen LogP) is 2.20. The molecule has 22 heavy (non-hydrogen) atoms. The maximum absolute atomic E-state index is 11.6. The number of carbonyl (C=O) groups is 1. The van der Waals surface area contributed by atoms with Crippen LogP contribution >= 0.6 is 11.6 Å². The van der Waals surface area contributed by atoms with E-state index in [0.717, 1.165) is 0 Å². The number of urea groups is 1. The first-order valence-corrected chi connectivity index (χ1v) is 6.66. The molecule has 0 bridgehead atoms. The molecule has 2 rings (SSSR count). The molecule has 10 heteroatoms. The summed E-state index contributed by atoms with van der Waals surface area (Å²) >= 11 is 5.74. The standard InChI is InChI=1S/C12H13ClN6O3/c13-8-1-3-9(4-2-8)18-12(20)15-6-5-14-10-11(19(21)22)17-7-16-10/h1-4,7,14H,5-6H2,(H,16,17)(H2,15,18,20). The molecule has 2 amide bonds. The van der Waals surface area contributed by atoms with Crippen molar-refractivity contribution in [1.29, 1.82) is 0 Å². The van der Waals surface area contributed by atoms with Gasteiger partial charge in [-0.15, -0.1) is 0 Å². The molecular formula is C12H13ClN6O3. The molecule has 0 spiro atoms. The van der Waals surface area contributed by atoms with Gasteiger partial charge in [-0.1, -0.05) is 11.6 Å². The van der Waals surface area contributed by atoms with E-state index in [1.165, 1.54) is 6.33 Å². The number of aromatic amines is 1. The second-order valence-corrected chi connectivity index (χ2v) is 4.61. The first kappa shape index (κ1) is 15.6. The first-order valence-electron chi connectivity index (χ1n) is 6.28. The Hall–Kier alpha value is -2.81. The molecule has 1 aromatic heterocycles. The zero-order valence-electron chi connectivity index (χ0n) is 11.3. The van der Waals surface area contributed by atoms with Crippen molar-refractivity contribution in [2.45, 2.75) is 0 Å². The molecule has 0 aliphatic rings. The number of nitrogens with zero attached hydrogens (tertiary/aromatic N) is 2. The lowest BCUT2D eigenvalue weighted by Gasteiger charge is -2.08. The maximum atomic E-state index is 11.6. The monoisotopic (exact) mass is 324 g/mol. The smallest absolute Gasteiger partial charge is 0.361 e. The van der Waals surface area contributed by atoms with E-state index in [-0.39, 0.29) is 24.2 Å². The Kier molecular flexibility index (Phi) is 5.15. The molecule has 2 aromatic rings. The van der Waals surface area contributed by atoms with E-state index in [2.05, 4.69) is 25.9 Å². The van der Waals surface area contributed by atoms with Crippen LogP contribution in [0, 0.1) is 10.1 Å². The minimum absolute atomic E-state index is 0.130. The Labute approximate surface area is 130 Å². The molecule has 0 saturated carbocycles. The fourth-order valence-corrected chi connectivity index (χ4v) is 1.75. The van der Waals surface area contributed by atoms with Gasteiger partial charge >= 0.3 is 11.8 Å². The van der Waals surface area contributed by atoms with Gasteiger partial charge in [-0.25, -0.2) is 9.78 Å². The third kappa shape index (κ3) is 4.35. The van der Waals surface area contributed by atoms with Crippen molar-refractivity contribution in [1.82, 2.24) is 15.3 Å². The third-order valence-electron chi connectivity index (χ3n) is 2.61. The highest BCUT2D eigenvalue weighted by Crippen LogP contribution is 2.17.